The van der Waals surface area contributed by atoms with Gasteiger partial charge >= 0.3 is 0 Å². The van der Waals surface area contributed by atoms with Crippen LogP contribution in [0.15, 0.2) is 83.9 Å². The number of carbonyl (C=O) groups is 1. The van der Waals surface area contributed by atoms with Crippen molar-refractivity contribution in [2.75, 3.05) is 4.90 Å². The zero-order valence-corrected chi connectivity index (χ0v) is 17.5. The largest absolute Gasteiger partial charge is 0.303 e. The Morgan fingerprint density at radius 3 is 2.41 bits per heavy atom. The topological polar surface area (TPSA) is 80.5 Å². The van der Waals surface area contributed by atoms with Gasteiger partial charge in [0.2, 0.25) is 4.96 Å². The molecule has 0 N–H and O–H groups in total. The first kappa shape index (κ1) is 18.6. The molecule has 0 unspecified atom stereocenters. The Kier molecular flexibility index (Phi) is 4.19. The average molecular weight is 437 g/mol. The Labute approximate surface area is 185 Å². The molecule has 0 aliphatic carbocycles. The number of hydrogen-bond acceptors (Lipinski definition) is 6. The predicted molar refractivity (Wildman–Crippen MR) is 122 cm³/mol. The highest BCUT2D eigenvalue weighted by Gasteiger charge is 2.34. The first-order valence-corrected chi connectivity index (χ1v) is 10.8. The molecule has 2 aromatic carbocycles. The van der Waals surface area contributed by atoms with Crippen LogP contribution < -0.4 is 15.0 Å². The van der Waals surface area contributed by atoms with E-state index < -0.39 is 0 Å². The van der Waals surface area contributed by atoms with Crippen molar-refractivity contribution in [1.82, 2.24) is 19.6 Å². The lowest BCUT2D eigenvalue weighted by molar-refractivity contribution is -0.113. The summed E-state index contributed by atoms with van der Waals surface area (Å²) in [4.78, 5) is 37.4. The zero-order valence-electron chi connectivity index (χ0n) is 16.7. The SMILES string of the molecule is O=C1/C(=c2\sc3nc(-c4ccncc4)nn3c2=O)c2ccccc2N1Cc1ccccc1. The molecule has 0 atom stereocenters. The molecule has 4 heterocycles. The minimum absolute atomic E-state index is 0.189. The van der Waals surface area contributed by atoms with Crippen LogP contribution in [-0.2, 0) is 11.3 Å². The van der Waals surface area contributed by atoms with E-state index in [1.165, 1.54) is 15.9 Å². The summed E-state index contributed by atoms with van der Waals surface area (Å²) in [6.45, 7) is 0.432. The van der Waals surface area contributed by atoms with Crippen LogP contribution >= 0.6 is 11.3 Å². The summed E-state index contributed by atoms with van der Waals surface area (Å²) in [5.41, 5.74) is 3.42. The van der Waals surface area contributed by atoms with E-state index in [4.69, 9.17) is 0 Å². The van der Waals surface area contributed by atoms with Gasteiger partial charge in [-0.2, -0.15) is 9.50 Å². The average Bonchev–Trinajstić information content (AvgIpc) is 3.47. The number of pyridine rings is 1. The number of anilines is 1. The number of thiazole rings is 1. The predicted octanol–water partition coefficient (Wildman–Crippen LogP) is 2.68. The van der Waals surface area contributed by atoms with Gasteiger partial charge in [0.25, 0.3) is 11.5 Å². The van der Waals surface area contributed by atoms with Crippen LogP contribution in [0.25, 0.3) is 21.9 Å². The van der Waals surface area contributed by atoms with Crippen molar-refractivity contribution in [2.24, 2.45) is 0 Å². The molecule has 5 aromatic rings. The van der Waals surface area contributed by atoms with E-state index in [2.05, 4.69) is 15.1 Å². The van der Waals surface area contributed by atoms with Crippen LogP contribution in [0.2, 0.25) is 0 Å². The lowest BCUT2D eigenvalue weighted by Gasteiger charge is -2.17. The fourth-order valence-corrected chi connectivity index (χ4v) is 4.93. The van der Waals surface area contributed by atoms with Gasteiger partial charge in [-0.25, -0.2) is 0 Å². The zero-order chi connectivity index (χ0) is 21.7. The Hall–Kier alpha value is -4.17. The minimum Gasteiger partial charge on any atom is -0.303 e. The Morgan fingerprint density at radius 2 is 1.62 bits per heavy atom. The highest BCUT2D eigenvalue weighted by Crippen LogP contribution is 2.36. The second kappa shape index (κ2) is 7.21. The van der Waals surface area contributed by atoms with Crippen LogP contribution in [0, 0.1) is 0 Å². The molecular formula is C24H15N5O2S. The number of nitrogens with zero attached hydrogens (tertiary/aromatic N) is 5. The van der Waals surface area contributed by atoms with Crippen LogP contribution in [0.5, 0.6) is 0 Å². The molecule has 0 saturated carbocycles. The number of amides is 1. The fourth-order valence-electron chi connectivity index (χ4n) is 3.93. The third-order valence-corrected chi connectivity index (χ3v) is 6.46. The number of rotatable bonds is 3. The molecule has 0 fully saturated rings. The fraction of sp³-hybridized carbons (Fsp3) is 0.0417. The molecule has 0 radical (unpaired) electrons. The lowest BCUT2D eigenvalue weighted by Crippen LogP contribution is -2.32. The maximum absolute atomic E-state index is 13.5. The highest BCUT2D eigenvalue weighted by atomic mass is 32.1. The van der Waals surface area contributed by atoms with Gasteiger partial charge < -0.3 is 4.90 Å². The summed E-state index contributed by atoms with van der Waals surface area (Å²) >= 11 is 1.19. The first-order chi connectivity index (χ1) is 15.7. The van der Waals surface area contributed by atoms with Crippen LogP contribution in [0.4, 0.5) is 5.69 Å². The number of fused-ring (bicyclic) bond motifs is 2. The van der Waals surface area contributed by atoms with Gasteiger partial charge in [-0.05, 0) is 23.8 Å². The third kappa shape index (κ3) is 2.84. The van der Waals surface area contributed by atoms with Gasteiger partial charge in [-0.15, -0.1) is 5.10 Å². The van der Waals surface area contributed by atoms with Crippen LogP contribution in [-0.4, -0.2) is 25.5 Å². The van der Waals surface area contributed by atoms with E-state index >= 15 is 0 Å². The van der Waals surface area contributed by atoms with Gasteiger partial charge in [-0.3, -0.25) is 14.6 Å². The molecule has 8 heteroatoms. The molecular weight excluding hydrogens is 422 g/mol. The monoisotopic (exact) mass is 437 g/mol. The molecule has 1 aliphatic rings. The van der Waals surface area contributed by atoms with Gasteiger partial charge in [0.05, 0.1) is 17.8 Å². The standard InChI is InChI=1S/C24H15N5O2S/c30-22-19(17-8-4-5-9-18(17)28(22)14-15-6-2-1-3-7-15)20-23(31)29-24(32-20)26-21(27-29)16-10-12-25-13-11-16/h1-13H,14H2/b20-19-. The molecule has 32 heavy (non-hydrogen) atoms. The van der Waals surface area contributed by atoms with Crippen molar-refractivity contribution in [2.45, 2.75) is 6.54 Å². The Bertz CT molecular complexity index is 1590. The van der Waals surface area contributed by atoms with Gasteiger partial charge in [0.1, 0.15) is 4.53 Å². The molecule has 154 valence electrons. The lowest BCUT2D eigenvalue weighted by atomic mass is 10.1. The van der Waals surface area contributed by atoms with Crippen molar-refractivity contribution in [3.8, 4) is 11.4 Å². The number of carbonyl (C=O) groups excluding carboxylic acids is 1. The quantitative estimate of drug-likeness (QED) is 0.434. The van der Waals surface area contributed by atoms with Crippen molar-refractivity contribution in [3.63, 3.8) is 0 Å². The second-order valence-corrected chi connectivity index (χ2v) is 8.35. The maximum atomic E-state index is 13.5. The second-order valence-electron chi connectivity index (χ2n) is 7.37. The van der Waals surface area contributed by atoms with Gasteiger partial charge in [0.15, 0.2) is 5.82 Å². The highest BCUT2D eigenvalue weighted by molar-refractivity contribution is 7.15. The van der Waals surface area contributed by atoms with Crippen molar-refractivity contribution in [1.29, 1.82) is 0 Å². The van der Waals surface area contributed by atoms with Crippen molar-refractivity contribution < 1.29 is 4.79 Å². The summed E-state index contributed by atoms with van der Waals surface area (Å²) < 4.78 is 1.63. The van der Waals surface area contributed by atoms with Crippen molar-refractivity contribution >= 4 is 33.5 Å². The Balaban J connectivity index is 1.52. The summed E-state index contributed by atoms with van der Waals surface area (Å²) in [6.07, 6.45) is 3.30. The van der Waals surface area contributed by atoms with E-state index in [0.29, 0.717) is 27.4 Å². The summed E-state index contributed by atoms with van der Waals surface area (Å²) in [5.74, 6) is 0.266. The first-order valence-electron chi connectivity index (χ1n) is 10.00. The third-order valence-electron chi connectivity index (χ3n) is 5.43. The molecule has 7 nitrogen and oxygen atoms in total. The smallest absolute Gasteiger partial charge is 0.291 e. The summed E-state index contributed by atoms with van der Waals surface area (Å²) in [6, 6.07) is 20.9. The minimum atomic E-state index is -0.336. The van der Waals surface area contributed by atoms with Crippen LogP contribution in [0.1, 0.15) is 11.1 Å². The molecule has 0 saturated heterocycles. The van der Waals surface area contributed by atoms with E-state index in [9.17, 15) is 9.59 Å². The van der Waals surface area contributed by atoms with E-state index in [-0.39, 0.29) is 11.5 Å². The summed E-state index contributed by atoms with van der Waals surface area (Å²) in [7, 11) is 0. The van der Waals surface area contributed by atoms with Gasteiger partial charge in [0, 0.05) is 23.5 Å². The number of hydrogen-bond donors (Lipinski definition) is 0. The van der Waals surface area contributed by atoms with E-state index in [0.717, 1.165) is 22.4 Å². The van der Waals surface area contributed by atoms with Gasteiger partial charge in [-0.1, -0.05) is 59.9 Å². The molecule has 1 amide bonds. The molecule has 0 spiro atoms. The molecule has 3 aromatic heterocycles. The normalized spacial score (nSPS) is 14.9. The van der Waals surface area contributed by atoms with Crippen molar-refractivity contribution in [3.05, 3.63) is 105 Å². The molecule has 6 rings (SSSR count). The number of para-hydroxylation sites is 1. The number of benzene rings is 2. The number of aromatic nitrogens is 4. The Morgan fingerprint density at radius 1 is 0.875 bits per heavy atom. The molecule has 1 aliphatic heterocycles. The van der Waals surface area contributed by atoms with E-state index in [1.807, 2.05) is 54.6 Å². The van der Waals surface area contributed by atoms with Crippen LogP contribution in [0.3, 0.4) is 0 Å². The molecule has 0 bridgehead atoms. The van der Waals surface area contributed by atoms with E-state index in [1.54, 1.807) is 29.4 Å². The summed E-state index contributed by atoms with van der Waals surface area (Å²) in [5, 5.41) is 4.38. The maximum Gasteiger partial charge on any atom is 0.291 e.